The number of halogens is 2. The van der Waals surface area contributed by atoms with Crippen LogP contribution in [0.4, 0.5) is 26.2 Å². The molecule has 0 saturated carbocycles. The van der Waals surface area contributed by atoms with Crippen molar-refractivity contribution in [2.75, 3.05) is 17.2 Å². The van der Waals surface area contributed by atoms with Gasteiger partial charge in [-0.3, -0.25) is 4.79 Å². The molecule has 154 valence electrons. The number of anilines is 3. The fourth-order valence-electron chi connectivity index (χ4n) is 2.96. The highest BCUT2D eigenvalue weighted by molar-refractivity contribution is 9.10. The molecule has 3 aromatic rings. The summed E-state index contributed by atoms with van der Waals surface area (Å²) in [4.78, 5) is 24.6. The first-order valence-corrected chi connectivity index (χ1v) is 10.2. The normalized spacial score (nSPS) is 10.4. The van der Waals surface area contributed by atoms with Gasteiger partial charge in [-0.05, 0) is 55.8 Å². The van der Waals surface area contributed by atoms with Gasteiger partial charge in [-0.15, -0.1) is 0 Å². The minimum atomic E-state index is -0.622. The molecule has 0 aliphatic carbocycles. The van der Waals surface area contributed by atoms with E-state index in [0.717, 1.165) is 10.0 Å². The molecule has 0 fully saturated rings. The molecule has 7 heteroatoms. The van der Waals surface area contributed by atoms with E-state index < -0.39 is 5.82 Å². The SMILES string of the molecule is CCNC(=O)Nc1cc(Br)ccc1Nc1ccc(C(=O)c2ccccc2C)c(F)c1. The number of ketones is 1. The minimum Gasteiger partial charge on any atom is -0.354 e. The number of rotatable bonds is 6. The summed E-state index contributed by atoms with van der Waals surface area (Å²) in [7, 11) is 0. The molecular weight excluding hydrogens is 449 g/mol. The fraction of sp³-hybridized carbons (Fsp3) is 0.130. The van der Waals surface area contributed by atoms with E-state index in [1.165, 1.54) is 12.1 Å². The van der Waals surface area contributed by atoms with Crippen LogP contribution in [0.25, 0.3) is 0 Å². The Balaban J connectivity index is 1.85. The predicted molar refractivity (Wildman–Crippen MR) is 121 cm³/mol. The van der Waals surface area contributed by atoms with Gasteiger partial charge in [0, 0.05) is 22.3 Å². The highest BCUT2D eigenvalue weighted by Crippen LogP contribution is 2.30. The summed E-state index contributed by atoms with van der Waals surface area (Å²) in [5.74, 6) is -0.983. The monoisotopic (exact) mass is 469 g/mol. The number of carbonyl (C=O) groups is 2. The van der Waals surface area contributed by atoms with Gasteiger partial charge >= 0.3 is 6.03 Å². The molecule has 3 aromatic carbocycles. The van der Waals surface area contributed by atoms with E-state index in [2.05, 4.69) is 31.9 Å². The number of benzene rings is 3. The molecule has 0 unspecified atom stereocenters. The van der Waals surface area contributed by atoms with Crippen LogP contribution in [0.3, 0.4) is 0 Å². The zero-order chi connectivity index (χ0) is 21.7. The van der Waals surface area contributed by atoms with E-state index in [1.54, 1.807) is 36.4 Å². The average molecular weight is 470 g/mol. The van der Waals surface area contributed by atoms with Crippen molar-refractivity contribution in [1.29, 1.82) is 0 Å². The first kappa shape index (κ1) is 21.5. The van der Waals surface area contributed by atoms with E-state index >= 15 is 0 Å². The van der Waals surface area contributed by atoms with Crippen molar-refractivity contribution >= 4 is 44.8 Å². The summed E-state index contributed by atoms with van der Waals surface area (Å²) in [5.41, 5.74) is 2.83. The van der Waals surface area contributed by atoms with Crippen LogP contribution in [0.1, 0.15) is 28.4 Å². The highest BCUT2D eigenvalue weighted by Gasteiger charge is 2.16. The lowest BCUT2D eigenvalue weighted by atomic mass is 9.98. The molecule has 0 radical (unpaired) electrons. The van der Waals surface area contributed by atoms with Crippen LogP contribution in [-0.2, 0) is 0 Å². The summed E-state index contributed by atoms with van der Waals surface area (Å²) >= 11 is 3.38. The highest BCUT2D eigenvalue weighted by atomic mass is 79.9. The fourth-order valence-corrected chi connectivity index (χ4v) is 3.32. The number of nitrogens with one attached hydrogen (secondary N) is 3. The second-order valence-electron chi connectivity index (χ2n) is 6.64. The van der Waals surface area contributed by atoms with Crippen molar-refractivity contribution in [3.63, 3.8) is 0 Å². The Morgan fingerprint density at radius 2 is 1.73 bits per heavy atom. The maximum absolute atomic E-state index is 14.7. The maximum Gasteiger partial charge on any atom is 0.319 e. The molecule has 2 amide bonds. The number of aryl methyl sites for hydroxylation is 1. The van der Waals surface area contributed by atoms with Gasteiger partial charge < -0.3 is 16.0 Å². The van der Waals surface area contributed by atoms with Crippen LogP contribution in [0.5, 0.6) is 0 Å². The number of hydrogen-bond acceptors (Lipinski definition) is 3. The van der Waals surface area contributed by atoms with Gasteiger partial charge in [0.2, 0.25) is 0 Å². The minimum absolute atomic E-state index is 0.00586. The molecule has 0 spiro atoms. The maximum atomic E-state index is 14.7. The van der Waals surface area contributed by atoms with Crippen molar-refractivity contribution in [3.8, 4) is 0 Å². The molecule has 0 atom stereocenters. The summed E-state index contributed by atoms with van der Waals surface area (Å²) < 4.78 is 15.5. The van der Waals surface area contributed by atoms with E-state index in [4.69, 9.17) is 0 Å². The zero-order valence-electron chi connectivity index (χ0n) is 16.6. The molecule has 0 saturated heterocycles. The van der Waals surface area contributed by atoms with Gasteiger partial charge in [0.05, 0.1) is 16.9 Å². The largest absolute Gasteiger partial charge is 0.354 e. The molecule has 5 nitrogen and oxygen atoms in total. The standard InChI is InChI=1S/C23H21BrFN3O2/c1-3-26-23(30)28-21-12-15(24)8-11-20(21)27-16-9-10-18(19(25)13-16)22(29)17-7-5-4-6-14(17)2/h4-13,27H,3H2,1-2H3,(H2,26,28,30). The lowest BCUT2D eigenvalue weighted by Gasteiger charge is -2.15. The van der Waals surface area contributed by atoms with E-state index in [0.29, 0.717) is 29.2 Å². The smallest absolute Gasteiger partial charge is 0.319 e. The van der Waals surface area contributed by atoms with E-state index in [-0.39, 0.29) is 17.4 Å². The lowest BCUT2D eigenvalue weighted by molar-refractivity contribution is 0.103. The zero-order valence-corrected chi connectivity index (χ0v) is 18.1. The quantitative estimate of drug-likeness (QED) is 0.387. The Morgan fingerprint density at radius 3 is 2.43 bits per heavy atom. The number of amides is 2. The van der Waals surface area contributed by atoms with Crippen molar-refractivity contribution in [3.05, 3.63) is 87.6 Å². The Bertz CT molecular complexity index is 1100. The second-order valence-corrected chi connectivity index (χ2v) is 7.55. The first-order valence-electron chi connectivity index (χ1n) is 9.40. The van der Waals surface area contributed by atoms with E-state index in [9.17, 15) is 14.0 Å². The van der Waals surface area contributed by atoms with Crippen molar-refractivity contribution < 1.29 is 14.0 Å². The van der Waals surface area contributed by atoms with Crippen LogP contribution in [0.2, 0.25) is 0 Å². The summed E-state index contributed by atoms with van der Waals surface area (Å²) in [5, 5.41) is 8.51. The van der Waals surface area contributed by atoms with E-state index in [1.807, 2.05) is 26.0 Å². The van der Waals surface area contributed by atoms with Crippen LogP contribution < -0.4 is 16.0 Å². The Labute approximate surface area is 182 Å². The third-order valence-electron chi connectivity index (χ3n) is 4.45. The van der Waals surface area contributed by atoms with Crippen molar-refractivity contribution in [2.24, 2.45) is 0 Å². The average Bonchev–Trinajstić information content (AvgIpc) is 2.70. The molecule has 0 heterocycles. The van der Waals surface area contributed by atoms with Gasteiger partial charge in [-0.2, -0.15) is 0 Å². The molecular formula is C23H21BrFN3O2. The van der Waals surface area contributed by atoms with Crippen LogP contribution in [0, 0.1) is 12.7 Å². The molecule has 0 bridgehead atoms. The lowest BCUT2D eigenvalue weighted by Crippen LogP contribution is -2.28. The van der Waals surface area contributed by atoms with Gasteiger partial charge in [0.25, 0.3) is 0 Å². The van der Waals surface area contributed by atoms with Gasteiger partial charge in [0.15, 0.2) is 5.78 Å². The molecule has 3 rings (SSSR count). The van der Waals surface area contributed by atoms with Crippen LogP contribution >= 0.6 is 15.9 Å². The van der Waals surface area contributed by atoms with Gasteiger partial charge in [0.1, 0.15) is 5.82 Å². The molecule has 0 aliphatic rings. The summed E-state index contributed by atoms with van der Waals surface area (Å²) in [6.07, 6.45) is 0. The number of carbonyl (C=O) groups excluding carboxylic acids is 2. The van der Waals surface area contributed by atoms with Crippen LogP contribution in [-0.4, -0.2) is 18.4 Å². The topological polar surface area (TPSA) is 70.2 Å². The van der Waals surface area contributed by atoms with Crippen LogP contribution in [0.15, 0.2) is 65.1 Å². The van der Waals surface area contributed by atoms with Gasteiger partial charge in [-0.25, -0.2) is 9.18 Å². The summed E-state index contributed by atoms with van der Waals surface area (Å²) in [6.45, 7) is 4.13. The Morgan fingerprint density at radius 1 is 0.967 bits per heavy atom. The van der Waals surface area contributed by atoms with Crippen molar-refractivity contribution in [2.45, 2.75) is 13.8 Å². The molecule has 0 aromatic heterocycles. The predicted octanol–water partition coefficient (Wildman–Crippen LogP) is 6.01. The number of urea groups is 1. The first-order chi connectivity index (χ1) is 14.4. The molecule has 30 heavy (non-hydrogen) atoms. The second kappa shape index (κ2) is 9.54. The third kappa shape index (κ3) is 5.04. The molecule has 0 aliphatic heterocycles. The summed E-state index contributed by atoms with van der Waals surface area (Å²) in [6, 6.07) is 16.4. The third-order valence-corrected chi connectivity index (χ3v) is 4.94. The van der Waals surface area contributed by atoms with Crippen molar-refractivity contribution in [1.82, 2.24) is 5.32 Å². The Hall–Kier alpha value is -3.19. The molecule has 3 N–H and O–H groups in total. The number of hydrogen-bond donors (Lipinski definition) is 3. The Kier molecular flexibility index (Phi) is 6.84. The van der Waals surface area contributed by atoms with Gasteiger partial charge in [-0.1, -0.05) is 40.2 Å².